The molecule has 1 N–H and O–H groups in total. The van der Waals surface area contributed by atoms with E-state index in [4.69, 9.17) is 0 Å². The minimum atomic E-state index is -0.0512. The number of nitrogens with one attached hydrogen (secondary N) is 1. The summed E-state index contributed by atoms with van der Waals surface area (Å²) in [5, 5.41) is 0. The maximum Gasteiger partial charge on any atom is 0.252 e. The van der Waals surface area contributed by atoms with Crippen molar-refractivity contribution < 1.29 is 0 Å². The van der Waals surface area contributed by atoms with Gasteiger partial charge in [0.15, 0.2) is 0 Å². The van der Waals surface area contributed by atoms with E-state index in [1.165, 1.54) is 6.42 Å². The van der Waals surface area contributed by atoms with Crippen LogP contribution in [0.2, 0.25) is 0 Å². The summed E-state index contributed by atoms with van der Waals surface area (Å²) in [5.74, 6) is 1.84. The first kappa shape index (κ1) is 14.1. The number of nitrogens with zero attached hydrogens (tertiary/aromatic N) is 3. The summed E-state index contributed by atoms with van der Waals surface area (Å²) in [5.41, 5.74) is -0.0512. The van der Waals surface area contributed by atoms with Gasteiger partial charge in [0.2, 0.25) is 0 Å². The molecule has 106 valence electrons. The fraction of sp³-hybridized carbons (Fsp3) is 0.714. The lowest BCUT2D eigenvalue weighted by Crippen LogP contribution is -2.47. The van der Waals surface area contributed by atoms with Gasteiger partial charge in [0.1, 0.15) is 11.6 Å². The molecule has 1 saturated heterocycles. The number of hydrogen-bond acceptors (Lipinski definition) is 4. The summed E-state index contributed by atoms with van der Waals surface area (Å²) < 4.78 is 0. The third kappa shape index (κ3) is 3.56. The number of anilines is 1. The van der Waals surface area contributed by atoms with Crippen LogP contribution in [0.1, 0.15) is 38.9 Å². The molecule has 2 heterocycles. The molecule has 0 unspecified atom stereocenters. The summed E-state index contributed by atoms with van der Waals surface area (Å²) in [6.07, 6.45) is 1.20. The predicted octanol–water partition coefficient (Wildman–Crippen LogP) is 1.43. The molecule has 1 aliphatic heterocycles. The van der Waals surface area contributed by atoms with Crippen molar-refractivity contribution >= 4 is 5.82 Å². The van der Waals surface area contributed by atoms with Gasteiger partial charge < -0.3 is 9.88 Å². The summed E-state index contributed by atoms with van der Waals surface area (Å²) in [6.45, 7) is 11.5. The van der Waals surface area contributed by atoms with Gasteiger partial charge in [0, 0.05) is 38.2 Å². The van der Waals surface area contributed by atoms with E-state index in [0.717, 1.165) is 44.4 Å². The number of hydrogen-bond donors (Lipinski definition) is 1. The Morgan fingerprint density at radius 1 is 1.32 bits per heavy atom. The summed E-state index contributed by atoms with van der Waals surface area (Å²) in [7, 11) is 0. The van der Waals surface area contributed by atoms with Crippen molar-refractivity contribution in [2.45, 2.75) is 33.1 Å². The van der Waals surface area contributed by atoms with Crippen molar-refractivity contribution in [2.24, 2.45) is 0 Å². The third-order valence-electron chi connectivity index (χ3n) is 3.53. The highest BCUT2D eigenvalue weighted by atomic mass is 16.1. The molecular weight excluding hydrogens is 240 g/mol. The molecule has 19 heavy (non-hydrogen) atoms. The molecule has 0 atom stereocenters. The first-order valence-corrected chi connectivity index (χ1v) is 7.18. The quantitative estimate of drug-likeness (QED) is 0.893. The zero-order valence-corrected chi connectivity index (χ0v) is 12.1. The van der Waals surface area contributed by atoms with E-state index >= 15 is 0 Å². The fourth-order valence-corrected chi connectivity index (χ4v) is 2.42. The number of H-pyrrole nitrogens is 1. The Balaban J connectivity index is 2.09. The van der Waals surface area contributed by atoms with E-state index in [1.54, 1.807) is 6.07 Å². The van der Waals surface area contributed by atoms with Gasteiger partial charge in [-0.2, -0.15) is 0 Å². The summed E-state index contributed by atoms with van der Waals surface area (Å²) in [4.78, 5) is 23.8. The van der Waals surface area contributed by atoms with Crippen molar-refractivity contribution in [2.75, 3.05) is 37.6 Å². The molecule has 0 radical (unpaired) electrons. The van der Waals surface area contributed by atoms with Crippen molar-refractivity contribution in [3.63, 3.8) is 0 Å². The van der Waals surface area contributed by atoms with Crippen LogP contribution in [0.5, 0.6) is 0 Å². The van der Waals surface area contributed by atoms with E-state index in [1.807, 2.05) is 13.8 Å². The van der Waals surface area contributed by atoms with Crippen molar-refractivity contribution in [3.05, 3.63) is 22.2 Å². The Morgan fingerprint density at radius 3 is 2.58 bits per heavy atom. The molecule has 1 aliphatic rings. The minimum absolute atomic E-state index is 0.0512. The van der Waals surface area contributed by atoms with Gasteiger partial charge in [-0.1, -0.05) is 20.8 Å². The first-order valence-electron chi connectivity index (χ1n) is 7.18. The maximum atomic E-state index is 11.7. The van der Waals surface area contributed by atoms with E-state index in [0.29, 0.717) is 0 Å². The number of aromatic nitrogens is 2. The van der Waals surface area contributed by atoms with Crippen LogP contribution in [0.3, 0.4) is 0 Å². The molecular formula is C14H24N4O. The van der Waals surface area contributed by atoms with E-state index in [-0.39, 0.29) is 11.5 Å². The average molecular weight is 264 g/mol. The smallest absolute Gasteiger partial charge is 0.252 e. The largest absolute Gasteiger partial charge is 0.354 e. The van der Waals surface area contributed by atoms with Crippen LogP contribution < -0.4 is 10.5 Å². The molecule has 0 aromatic carbocycles. The molecule has 0 spiro atoms. The second-order valence-electron chi connectivity index (χ2n) is 5.47. The van der Waals surface area contributed by atoms with Crippen LogP contribution in [-0.4, -0.2) is 47.6 Å². The molecule has 0 aliphatic carbocycles. The van der Waals surface area contributed by atoms with E-state index in [9.17, 15) is 4.79 Å². The van der Waals surface area contributed by atoms with Crippen molar-refractivity contribution in [1.82, 2.24) is 14.9 Å². The van der Waals surface area contributed by atoms with Gasteiger partial charge in [-0.15, -0.1) is 0 Å². The van der Waals surface area contributed by atoms with Crippen LogP contribution in [0.15, 0.2) is 10.9 Å². The molecule has 1 aromatic rings. The summed E-state index contributed by atoms with van der Waals surface area (Å²) in [6, 6.07) is 1.61. The SMILES string of the molecule is CCCN1CCN(c2cc(=O)[nH]c(C(C)C)n2)CC1. The van der Waals surface area contributed by atoms with Crippen LogP contribution >= 0.6 is 0 Å². The molecule has 0 amide bonds. The van der Waals surface area contributed by atoms with Gasteiger partial charge in [-0.05, 0) is 13.0 Å². The minimum Gasteiger partial charge on any atom is -0.354 e. The van der Waals surface area contributed by atoms with E-state index < -0.39 is 0 Å². The highest BCUT2D eigenvalue weighted by Crippen LogP contribution is 2.15. The Bertz CT molecular complexity index is 461. The van der Waals surface area contributed by atoms with Crippen LogP contribution in [0.4, 0.5) is 5.82 Å². The standard InChI is InChI=1S/C14H24N4O/c1-4-5-17-6-8-18(9-7-17)12-10-13(19)16-14(15-12)11(2)3/h10-11H,4-9H2,1-3H3,(H,15,16,19). The molecule has 5 nitrogen and oxygen atoms in total. The Labute approximate surface area is 114 Å². The molecule has 2 rings (SSSR count). The molecule has 0 bridgehead atoms. The Kier molecular flexibility index (Phi) is 4.58. The number of piperazine rings is 1. The topological polar surface area (TPSA) is 52.2 Å². The summed E-state index contributed by atoms with van der Waals surface area (Å²) >= 11 is 0. The van der Waals surface area contributed by atoms with Crippen molar-refractivity contribution in [1.29, 1.82) is 0 Å². The van der Waals surface area contributed by atoms with Gasteiger partial charge in [-0.3, -0.25) is 9.69 Å². The van der Waals surface area contributed by atoms with Crippen LogP contribution in [-0.2, 0) is 0 Å². The molecule has 1 aromatic heterocycles. The van der Waals surface area contributed by atoms with Crippen LogP contribution in [0.25, 0.3) is 0 Å². The zero-order valence-electron chi connectivity index (χ0n) is 12.1. The van der Waals surface area contributed by atoms with Gasteiger partial charge in [0.05, 0.1) is 0 Å². The Morgan fingerprint density at radius 2 is 2.00 bits per heavy atom. The lowest BCUT2D eigenvalue weighted by molar-refractivity contribution is 0.258. The highest BCUT2D eigenvalue weighted by molar-refractivity contribution is 5.38. The van der Waals surface area contributed by atoms with Gasteiger partial charge >= 0.3 is 0 Å². The lowest BCUT2D eigenvalue weighted by atomic mass is 10.2. The maximum absolute atomic E-state index is 11.7. The van der Waals surface area contributed by atoms with Gasteiger partial charge in [0.25, 0.3) is 5.56 Å². The lowest BCUT2D eigenvalue weighted by Gasteiger charge is -2.35. The van der Waals surface area contributed by atoms with Crippen molar-refractivity contribution in [3.8, 4) is 0 Å². The van der Waals surface area contributed by atoms with Crippen LogP contribution in [0, 0.1) is 0 Å². The third-order valence-corrected chi connectivity index (χ3v) is 3.53. The molecule has 1 fully saturated rings. The average Bonchev–Trinajstić information content (AvgIpc) is 2.39. The second-order valence-corrected chi connectivity index (χ2v) is 5.47. The molecule has 0 saturated carbocycles. The number of aromatic amines is 1. The first-order chi connectivity index (χ1) is 9.10. The highest BCUT2D eigenvalue weighted by Gasteiger charge is 2.18. The Hall–Kier alpha value is -1.36. The van der Waals surface area contributed by atoms with E-state index in [2.05, 4.69) is 26.7 Å². The monoisotopic (exact) mass is 264 g/mol. The second kappa shape index (κ2) is 6.19. The zero-order chi connectivity index (χ0) is 13.8. The normalized spacial score (nSPS) is 17.2. The molecule has 5 heteroatoms. The number of rotatable bonds is 4. The predicted molar refractivity (Wildman–Crippen MR) is 77.9 cm³/mol. The fourth-order valence-electron chi connectivity index (χ4n) is 2.42. The van der Waals surface area contributed by atoms with Gasteiger partial charge in [-0.25, -0.2) is 4.98 Å².